The zero-order valence-corrected chi connectivity index (χ0v) is 20.3. The zero-order valence-electron chi connectivity index (χ0n) is 18.7. The summed E-state index contributed by atoms with van der Waals surface area (Å²) < 4.78 is 16.6. The number of amidine groups is 1. The molecule has 3 aromatic rings. The molecule has 0 atom stereocenters. The minimum Gasteiger partial charge on any atom is -0.493 e. The highest BCUT2D eigenvalue weighted by atomic mass is 35.5. The highest BCUT2D eigenvalue weighted by molar-refractivity contribution is 6.02. The van der Waals surface area contributed by atoms with E-state index in [1.54, 1.807) is 18.1 Å². The third-order valence-electron chi connectivity index (χ3n) is 5.58. The molecule has 2 aliphatic rings. The van der Waals surface area contributed by atoms with E-state index in [1.165, 1.54) is 0 Å². The third kappa shape index (κ3) is 5.38. The molecule has 2 aromatic carbocycles. The number of carbonyl (C=O) groups is 1. The Kier molecular flexibility index (Phi) is 8.60. The predicted octanol–water partition coefficient (Wildman–Crippen LogP) is 2.67. The van der Waals surface area contributed by atoms with Gasteiger partial charge in [0, 0.05) is 30.8 Å². The van der Waals surface area contributed by atoms with E-state index in [2.05, 4.69) is 21.4 Å². The first-order valence-electron chi connectivity index (χ1n) is 10.7. The molecule has 1 saturated heterocycles. The Hall–Kier alpha value is -3.01. The van der Waals surface area contributed by atoms with Crippen molar-refractivity contribution in [1.82, 2.24) is 20.2 Å². The Morgan fingerprint density at radius 3 is 2.62 bits per heavy atom. The van der Waals surface area contributed by atoms with Crippen LogP contribution in [0.5, 0.6) is 11.5 Å². The number of methoxy groups -OCH3 is 1. The Bertz CT molecular complexity index is 1180. The van der Waals surface area contributed by atoms with Gasteiger partial charge in [0.2, 0.25) is 0 Å². The number of ether oxygens (including phenoxy) is 3. The van der Waals surface area contributed by atoms with Crippen molar-refractivity contribution in [1.29, 1.82) is 0 Å². The molecule has 0 saturated carbocycles. The maximum absolute atomic E-state index is 12.4. The number of imidazole rings is 1. The number of nitrogens with zero attached hydrogens (tertiary/aromatic N) is 3. The molecule has 34 heavy (non-hydrogen) atoms. The van der Waals surface area contributed by atoms with Crippen LogP contribution in [0.15, 0.2) is 41.4 Å². The molecule has 2 aliphatic heterocycles. The quantitative estimate of drug-likeness (QED) is 0.531. The molecule has 1 aromatic heterocycles. The van der Waals surface area contributed by atoms with Gasteiger partial charge in [0.1, 0.15) is 11.7 Å². The summed E-state index contributed by atoms with van der Waals surface area (Å²) >= 11 is 0. The van der Waals surface area contributed by atoms with Gasteiger partial charge in [-0.25, -0.2) is 4.98 Å². The monoisotopic (exact) mass is 507 g/mol. The van der Waals surface area contributed by atoms with Gasteiger partial charge in [-0.1, -0.05) is 0 Å². The number of aromatic nitrogens is 2. The molecule has 2 N–H and O–H groups in total. The molecule has 0 aliphatic carbocycles. The smallest absolute Gasteiger partial charge is 0.260 e. The van der Waals surface area contributed by atoms with Crippen molar-refractivity contribution in [3.05, 3.63) is 42.0 Å². The third-order valence-corrected chi connectivity index (χ3v) is 5.58. The van der Waals surface area contributed by atoms with E-state index in [4.69, 9.17) is 19.2 Å². The standard InChI is InChI=1S/C23H25N5O4.2ClH/c1-30-20-13-16(3-5-19(20)32-14-21(29)28-8-10-31-11-9-28)23-26-17-4-2-15(12-18(17)27-23)22-24-6-7-25-22;;/h2-5,12-13H,6-11,14H2,1H3,(H,24,25)(H,26,27);2*1H. The number of carbonyl (C=O) groups excluding carboxylic acids is 1. The van der Waals surface area contributed by atoms with Gasteiger partial charge in [-0.05, 0) is 36.4 Å². The fourth-order valence-electron chi connectivity index (χ4n) is 3.86. The first-order valence-corrected chi connectivity index (χ1v) is 10.7. The van der Waals surface area contributed by atoms with Crippen molar-refractivity contribution in [2.75, 3.05) is 53.1 Å². The number of rotatable bonds is 6. The van der Waals surface area contributed by atoms with Gasteiger partial charge in [0.15, 0.2) is 18.1 Å². The molecule has 9 nitrogen and oxygen atoms in total. The molecule has 0 bridgehead atoms. The van der Waals surface area contributed by atoms with E-state index in [0.717, 1.165) is 46.9 Å². The van der Waals surface area contributed by atoms with E-state index in [0.29, 0.717) is 37.8 Å². The van der Waals surface area contributed by atoms with Crippen LogP contribution >= 0.6 is 24.8 Å². The average molecular weight is 508 g/mol. The van der Waals surface area contributed by atoms with Gasteiger partial charge in [0.25, 0.3) is 5.91 Å². The number of morpholine rings is 1. The largest absolute Gasteiger partial charge is 0.493 e. The highest BCUT2D eigenvalue weighted by Crippen LogP contribution is 2.32. The van der Waals surface area contributed by atoms with Gasteiger partial charge < -0.3 is 29.4 Å². The number of aromatic amines is 1. The maximum atomic E-state index is 12.4. The normalized spacial score (nSPS) is 15.1. The summed E-state index contributed by atoms with van der Waals surface area (Å²) in [5.41, 5.74) is 3.71. The summed E-state index contributed by atoms with van der Waals surface area (Å²) in [5.74, 6) is 2.64. The Balaban J connectivity index is 0.00000162. The molecule has 5 rings (SSSR count). The van der Waals surface area contributed by atoms with Crippen LogP contribution in [0.3, 0.4) is 0 Å². The molecule has 11 heteroatoms. The first kappa shape index (κ1) is 25.6. The van der Waals surface area contributed by atoms with E-state index in [1.807, 2.05) is 24.3 Å². The summed E-state index contributed by atoms with van der Waals surface area (Å²) in [4.78, 5) is 26.7. The van der Waals surface area contributed by atoms with Crippen molar-refractivity contribution < 1.29 is 19.0 Å². The molecule has 182 valence electrons. The second-order valence-corrected chi connectivity index (χ2v) is 7.62. The number of hydrogen-bond acceptors (Lipinski definition) is 7. The molecule has 3 heterocycles. The molecule has 0 radical (unpaired) electrons. The lowest BCUT2D eigenvalue weighted by atomic mass is 10.2. The number of H-pyrrole nitrogens is 1. The maximum Gasteiger partial charge on any atom is 0.260 e. The van der Waals surface area contributed by atoms with Gasteiger partial charge in [-0.3, -0.25) is 9.79 Å². The summed E-state index contributed by atoms with van der Waals surface area (Å²) in [5, 5.41) is 3.29. The van der Waals surface area contributed by atoms with Gasteiger partial charge in [-0.2, -0.15) is 0 Å². The average Bonchev–Trinajstić information content (AvgIpc) is 3.52. The van der Waals surface area contributed by atoms with E-state index >= 15 is 0 Å². The van der Waals surface area contributed by atoms with Crippen molar-refractivity contribution in [2.45, 2.75) is 0 Å². The van der Waals surface area contributed by atoms with Crippen molar-refractivity contribution in [3.8, 4) is 22.9 Å². The van der Waals surface area contributed by atoms with Crippen molar-refractivity contribution >= 4 is 47.6 Å². The number of fused-ring (bicyclic) bond motifs is 1. The van der Waals surface area contributed by atoms with Crippen LogP contribution in [0.2, 0.25) is 0 Å². The fraction of sp³-hybridized carbons (Fsp3) is 0.348. The highest BCUT2D eigenvalue weighted by Gasteiger charge is 2.18. The zero-order chi connectivity index (χ0) is 21.9. The minimum atomic E-state index is -0.0612. The lowest BCUT2D eigenvalue weighted by molar-refractivity contribution is -0.137. The molecular formula is C23H27Cl2N5O4. The SMILES string of the molecule is COc1cc(-c2nc3ccc(C4=NCCN4)cc3[nH]2)ccc1OCC(=O)N1CCOCC1.Cl.Cl. The van der Waals surface area contributed by atoms with Crippen LogP contribution in [0.25, 0.3) is 22.4 Å². The molecule has 0 unspecified atom stereocenters. The summed E-state index contributed by atoms with van der Waals surface area (Å²) in [6.45, 7) is 3.94. The number of halogens is 2. The topological polar surface area (TPSA) is 101 Å². The fourth-order valence-corrected chi connectivity index (χ4v) is 3.86. The van der Waals surface area contributed by atoms with Crippen LogP contribution in [0.1, 0.15) is 5.56 Å². The van der Waals surface area contributed by atoms with Crippen LogP contribution in [0, 0.1) is 0 Å². The van der Waals surface area contributed by atoms with Gasteiger partial charge in [0.05, 0.1) is 37.9 Å². The number of nitrogens with one attached hydrogen (secondary N) is 2. The van der Waals surface area contributed by atoms with Crippen molar-refractivity contribution in [3.63, 3.8) is 0 Å². The number of aliphatic imine (C=N–C) groups is 1. The number of benzene rings is 2. The number of amides is 1. The second-order valence-electron chi connectivity index (χ2n) is 7.62. The van der Waals surface area contributed by atoms with Gasteiger partial charge >= 0.3 is 0 Å². The Morgan fingerprint density at radius 2 is 1.88 bits per heavy atom. The van der Waals surface area contributed by atoms with E-state index in [9.17, 15) is 4.79 Å². The summed E-state index contributed by atoms with van der Waals surface area (Å²) in [6.07, 6.45) is 0. The summed E-state index contributed by atoms with van der Waals surface area (Å²) in [7, 11) is 1.58. The van der Waals surface area contributed by atoms with Crippen LogP contribution in [-0.2, 0) is 9.53 Å². The molecule has 1 amide bonds. The van der Waals surface area contributed by atoms with Crippen LogP contribution in [-0.4, -0.2) is 79.7 Å². The lowest BCUT2D eigenvalue weighted by Crippen LogP contribution is -2.43. The van der Waals surface area contributed by atoms with Crippen LogP contribution in [0.4, 0.5) is 0 Å². The van der Waals surface area contributed by atoms with Crippen molar-refractivity contribution in [2.24, 2.45) is 4.99 Å². The lowest BCUT2D eigenvalue weighted by Gasteiger charge is -2.26. The molecule has 0 spiro atoms. The van der Waals surface area contributed by atoms with E-state index in [-0.39, 0.29) is 37.3 Å². The molecule has 1 fully saturated rings. The van der Waals surface area contributed by atoms with E-state index < -0.39 is 0 Å². The second kappa shape index (κ2) is 11.4. The Labute approximate surface area is 209 Å². The van der Waals surface area contributed by atoms with Crippen LogP contribution < -0.4 is 14.8 Å². The molecular weight excluding hydrogens is 481 g/mol. The first-order chi connectivity index (χ1) is 15.7. The predicted molar refractivity (Wildman–Crippen MR) is 135 cm³/mol. The summed E-state index contributed by atoms with van der Waals surface area (Å²) in [6, 6.07) is 11.6. The Morgan fingerprint density at radius 1 is 1.09 bits per heavy atom. The number of hydrogen-bond donors (Lipinski definition) is 2. The van der Waals surface area contributed by atoms with Gasteiger partial charge in [-0.15, -0.1) is 24.8 Å². The minimum absolute atomic E-state index is 0.